The van der Waals surface area contributed by atoms with Gasteiger partial charge in [0.15, 0.2) is 0 Å². The summed E-state index contributed by atoms with van der Waals surface area (Å²) in [5.41, 5.74) is 0. The number of allylic oxidation sites excluding steroid dienone is 2. The zero-order valence-electron chi connectivity index (χ0n) is 5.13. The lowest BCUT2D eigenvalue weighted by atomic mass is 10.3. The summed E-state index contributed by atoms with van der Waals surface area (Å²) >= 11 is 1.44. The van der Waals surface area contributed by atoms with Gasteiger partial charge in [-0.25, -0.2) is 0 Å². The van der Waals surface area contributed by atoms with Crippen LogP contribution in [-0.4, -0.2) is 16.3 Å². The number of rotatable bonds is 1. The predicted octanol–water partition coefficient (Wildman–Crippen LogP) is 1.48. The second-order valence-electron chi connectivity index (χ2n) is 2.00. The van der Waals surface area contributed by atoms with Crippen LogP contribution in [0, 0.1) is 0 Å². The van der Waals surface area contributed by atoms with E-state index in [1.165, 1.54) is 11.8 Å². The van der Waals surface area contributed by atoms with E-state index in [2.05, 4.69) is 0 Å². The molecule has 1 unspecified atom stereocenters. The van der Waals surface area contributed by atoms with Gasteiger partial charge in [-0.3, -0.25) is 4.79 Å². The molecule has 0 saturated heterocycles. The minimum absolute atomic E-state index is 0.218. The van der Waals surface area contributed by atoms with E-state index >= 15 is 0 Å². The molecule has 0 aromatic heterocycles. The van der Waals surface area contributed by atoms with Crippen molar-refractivity contribution >= 4 is 17.7 Å². The lowest BCUT2D eigenvalue weighted by molar-refractivity contribution is -0.136. The van der Waals surface area contributed by atoms with Crippen molar-refractivity contribution in [2.45, 2.75) is 18.6 Å². The van der Waals surface area contributed by atoms with Crippen LogP contribution in [-0.2, 0) is 4.79 Å². The maximum Gasteiger partial charge on any atom is 0.317 e. The van der Waals surface area contributed by atoms with E-state index in [0.29, 0.717) is 6.42 Å². The molecule has 9 heavy (non-hydrogen) atoms. The summed E-state index contributed by atoms with van der Waals surface area (Å²) in [5.74, 6) is -0.701. The molecule has 0 spiro atoms. The lowest BCUT2D eigenvalue weighted by Gasteiger charge is -1.99. The van der Waals surface area contributed by atoms with Gasteiger partial charge in [0.05, 0.1) is 0 Å². The van der Waals surface area contributed by atoms with Crippen molar-refractivity contribution in [2.24, 2.45) is 0 Å². The van der Waals surface area contributed by atoms with Crippen molar-refractivity contribution in [2.75, 3.05) is 0 Å². The minimum atomic E-state index is -0.701. The van der Waals surface area contributed by atoms with Crippen LogP contribution >= 0.6 is 11.8 Å². The van der Waals surface area contributed by atoms with Crippen LogP contribution in [0.2, 0.25) is 0 Å². The molecule has 0 fully saturated rings. The predicted molar refractivity (Wildman–Crippen MR) is 37.4 cm³/mol. The average Bonchev–Trinajstić information content (AvgIpc) is 2.14. The zero-order valence-corrected chi connectivity index (χ0v) is 5.94. The van der Waals surface area contributed by atoms with Crippen molar-refractivity contribution in [1.29, 1.82) is 0 Å². The second kappa shape index (κ2) is 2.43. The van der Waals surface area contributed by atoms with Crippen molar-refractivity contribution in [3.05, 3.63) is 11.0 Å². The highest BCUT2D eigenvalue weighted by atomic mass is 32.2. The molecule has 0 saturated carbocycles. The average molecular weight is 144 g/mol. The van der Waals surface area contributed by atoms with Gasteiger partial charge in [-0.2, -0.15) is 0 Å². The molecule has 1 aliphatic rings. The summed E-state index contributed by atoms with van der Waals surface area (Å²) in [7, 11) is 0. The third-order valence-corrected chi connectivity index (χ3v) is 2.44. The Kier molecular flexibility index (Phi) is 1.81. The van der Waals surface area contributed by atoms with Gasteiger partial charge >= 0.3 is 5.97 Å². The molecule has 1 N–H and O–H groups in total. The van der Waals surface area contributed by atoms with Crippen LogP contribution in [0.3, 0.4) is 0 Å². The molecule has 1 heterocycles. The van der Waals surface area contributed by atoms with E-state index in [1.54, 1.807) is 0 Å². The van der Waals surface area contributed by atoms with E-state index in [-0.39, 0.29) is 5.25 Å². The van der Waals surface area contributed by atoms with Gasteiger partial charge in [0.1, 0.15) is 5.25 Å². The van der Waals surface area contributed by atoms with E-state index in [9.17, 15) is 4.79 Å². The van der Waals surface area contributed by atoms with Gasteiger partial charge in [0.2, 0.25) is 0 Å². The fourth-order valence-electron chi connectivity index (χ4n) is 0.745. The fourth-order valence-corrected chi connectivity index (χ4v) is 1.68. The lowest BCUT2D eigenvalue weighted by Crippen LogP contribution is -2.11. The van der Waals surface area contributed by atoms with Crippen LogP contribution in [0.5, 0.6) is 0 Å². The molecule has 0 radical (unpaired) electrons. The third-order valence-electron chi connectivity index (χ3n) is 1.22. The van der Waals surface area contributed by atoms with Crippen LogP contribution in [0.1, 0.15) is 13.3 Å². The SMILES string of the molecule is CC1=CCC(C(=O)O)S1. The highest BCUT2D eigenvalue weighted by Crippen LogP contribution is 2.31. The zero-order chi connectivity index (χ0) is 6.85. The fraction of sp³-hybridized carbons (Fsp3) is 0.500. The Labute approximate surface area is 57.9 Å². The Bertz CT molecular complexity index is 162. The molecule has 50 valence electrons. The van der Waals surface area contributed by atoms with Gasteiger partial charge in [0, 0.05) is 0 Å². The highest BCUT2D eigenvalue weighted by Gasteiger charge is 2.21. The summed E-state index contributed by atoms with van der Waals surface area (Å²) in [5, 5.41) is 8.26. The second-order valence-corrected chi connectivity index (χ2v) is 3.44. The molecule has 1 aliphatic heterocycles. The van der Waals surface area contributed by atoms with Gasteiger partial charge < -0.3 is 5.11 Å². The molecule has 0 aromatic carbocycles. The van der Waals surface area contributed by atoms with Crippen LogP contribution in [0.25, 0.3) is 0 Å². The minimum Gasteiger partial charge on any atom is -0.480 e. The van der Waals surface area contributed by atoms with E-state index in [4.69, 9.17) is 5.11 Å². The first-order valence-corrected chi connectivity index (χ1v) is 3.64. The largest absolute Gasteiger partial charge is 0.480 e. The summed E-state index contributed by atoms with van der Waals surface area (Å²) in [6.07, 6.45) is 2.65. The Morgan fingerprint density at radius 1 is 2.00 bits per heavy atom. The van der Waals surface area contributed by atoms with Gasteiger partial charge in [-0.15, -0.1) is 11.8 Å². The maximum absolute atomic E-state index is 10.3. The quantitative estimate of drug-likeness (QED) is 0.605. The molecule has 1 rings (SSSR count). The van der Waals surface area contributed by atoms with Gasteiger partial charge in [-0.05, 0) is 18.2 Å². The highest BCUT2D eigenvalue weighted by molar-refractivity contribution is 8.04. The first-order valence-electron chi connectivity index (χ1n) is 2.76. The number of carbonyl (C=O) groups is 1. The van der Waals surface area contributed by atoms with Crippen molar-refractivity contribution in [3.63, 3.8) is 0 Å². The van der Waals surface area contributed by atoms with Crippen LogP contribution in [0.15, 0.2) is 11.0 Å². The van der Waals surface area contributed by atoms with Gasteiger partial charge in [-0.1, -0.05) is 6.08 Å². The first kappa shape index (κ1) is 6.68. The normalized spacial score (nSPS) is 25.9. The smallest absolute Gasteiger partial charge is 0.317 e. The maximum atomic E-state index is 10.3. The molecule has 3 heteroatoms. The Hall–Kier alpha value is -0.440. The standard InChI is InChI=1S/C6H8O2S/c1-4-2-3-5(9-4)6(7)8/h2,5H,3H2,1H3,(H,7,8). The van der Waals surface area contributed by atoms with Crippen molar-refractivity contribution in [3.8, 4) is 0 Å². The summed E-state index contributed by atoms with van der Waals surface area (Å²) < 4.78 is 0. The molecular weight excluding hydrogens is 136 g/mol. The first-order chi connectivity index (χ1) is 4.20. The number of carboxylic acids is 1. The van der Waals surface area contributed by atoms with E-state index in [0.717, 1.165) is 4.91 Å². The van der Waals surface area contributed by atoms with Crippen molar-refractivity contribution < 1.29 is 9.90 Å². The summed E-state index contributed by atoms with van der Waals surface area (Å²) in [4.78, 5) is 11.4. The number of thioether (sulfide) groups is 1. The summed E-state index contributed by atoms with van der Waals surface area (Å²) in [6.45, 7) is 1.94. The Balaban J connectivity index is 2.47. The molecule has 0 aliphatic carbocycles. The topological polar surface area (TPSA) is 37.3 Å². The monoisotopic (exact) mass is 144 g/mol. The molecule has 0 amide bonds. The Morgan fingerprint density at radius 3 is 2.89 bits per heavy atom. The molecule has 2 nitrogen and oxygen atoms in total. The van der Waals surface area contributed by atoms with Crippen LogP contribution < -0.4 is 0 Å². The molecule has 0 bridgehead atoms. The van der Waals surface area contributed by atoms with Crippen molar-refractivity contribution in [1.82, 2.24) is 0 Å². The summed E-state index contributed by atoms with van der Waals surface area (Å²) in [6, 6.07) is 0. The number of hydrogen-bond donors (Lipinski definition) is 1. The number of carboxylic acid groups (broad SMARTS) is 1. The number of aliphatic carboxylic acids is 1. The number of hydrogen-bond acceptors (Lipinski definition) is 2. The Morgan fingerprint density at radius 2 is 2.67 bits per heavy atom. The molecular formula is C6H8O2S. The molecule has 0 aromatic rings. The van der Waals surface area contributed by atoms with Crippen LogP contribution in [0.4, 0.5) is 0 Å². The van der Waals surface area contributed by atoms with Gasteiger partial charge in [0.25, 0.3) is 0 Å². The third kappa shape index (κ3) is 1.48. The van der Waals surface area contributed by atoms with E-state index < -0.39 is 5.97 Å². The molecule has 1 atom stereocenters. The van der Waals surface area contributed by atoms with E-state index in [1.807, 2.05) is 13.0 Å².